The number of rotatable bonds is 4. The molecule has 2 N–H and O–H groups in total. The standard InChI is InChI=1S/C30H27F3N4O3/c1-17-22(18-6-3-2-4-7-18)13-24(27(39)37(17)16-30(31,32)33)35-26(38)19-9-10-20-14-29(15-21(20)12-19)23-8-5-11-34-25(23)36-28(29)40/h2-12,17,22,24H,13-16H2,1H3,(H,35,38)(H,34,36,40)/t17-,22-,24+,29?/m1/s1. The van der Waals surface area contributed by atoms with Gasteiger partial charge in [0.1, 0.15) is 18.4 Å². The molecular formula is C30H27F3N4O3. The van der Waals surface area contributed by atoms with Gasteiger partial charge < -0.3 is 15.5 Å². The summed E-state index contributed by atoms with van der Waals surface area (Å²) in [4.78, 5) is 44.7. The number of carbonyl (C=O) groups is 3. The Hall–Kier alpha value is -4.21. The highest BCUT2D eigenvalue weighted by Crippen LogP contribution is 2.46. The van der Waals surface area contributed by atoms with E-state index in [4.69, 9.17) is 0 Å². The van der Waals surface area contributed by atoms with Gasteiger partial charge in [-0.25, -0.2) is 4.98 Å². The first-order valence-electron chi connectivity index (χ1n) is 13.2. The second-order valence-electron chi connectivity index (χ2n) is 10.9. The summed E-state index contributed by atoms with van der Waals surface area (Å²) < 4.78 is 40.3. The first-order valence-corrected chi connectivity index (χ1v) is 13.2. The molecule has 1 fully saturated rings. The number of hydrogen-bond acceptors (Lipinski definition) is 4. The number of hydrogen-bond donors (Lipinski definition) is 2. The molecule has 2 aliphatic heterocycles. The first-order chi connectivity index (χ1) is 19.1. The minimum Gasteiger partial charge on any atom is -0.340 e. The van der Waals surface area contributed by atoms with Crippen LogP contribution in [0, 0.1) is 0 Å². The molecule has 6 rings (SSSR count). The van der Waals surface area contributed by atoms with Crippen molar-refractivity contribution in [1.29, 1.82) is 0 Å². The first kappa shape index (κ1) is 26.0. The highest BCUT2D eigenvalue weighted by atomic mass is 19.4. The molecule has 0 radical (unpaired) electrons. The number of anilines is 1. The lowest BCUT2D eigenvalue weighted by Crippen LogP contribution is -2.59. The van der Waals surface area contributed by atoms with Crippen molar-refractivity contribution in [2.45, 2.75) is 55.8 Å². The van der Waals surface area contributed by atoms with E-state index in [1.807, 2.05) is 24.3 Å². The van der Waals surface area contributed by atoms with Crippen molar-refractivity contribution in [3.63, 3.8) is 0 Å². The Kier molecular flexibility index (Phi) is 6.16. The summed E-state index contributed by atoms with van der Waals surface area (Å²) in [5.41, 5.74) is 2.89. The molecule has 206 valence electrons. The number of nitrogens with zero attached hydrogens (tertiary/aromatic N) is 2. The Bertz CT molecular complexity index is 1510. The van der Waals surface area contributed by atoms with Crippen molar-refractivity contribution < 1.29 is 27.6 Å². The van der Waals surface area contributed by atoms with Gasteiger partial charge in [-0.1, -0.05) is 42.5 Å². The topological polar surface area (TPSA) is 91.4 Å². The maximum absolute atomic E-state index is 13.4. The maximum atomic E-state index is 13.4. The molecule has 0 bridgehead atoms. The number of carbonyl (C=O) groups excluding carboxylic acids is 3. The van der Waals surface area contributed by atoms with Crippen LogP contribution in [-0.2, 0) is 27.8 Å². The van der Waals surface area contributed by atoms with Gasteiger partial charge in [-0.05, 0) is 61.1 Å². The minimum absolute atomic E-state index is 0.137. The molecule has 7 nitrogen and oxygen atoms in total. The second-order valence-corrected chi connectivity index (χ2v) is 10.9. The predicted molar refractivity (Wildman–Crippen MR) is 141 cm³/mol. The van der Waals surface area contributed by atoms with E-state index in [1.54, 1.807) is 49.5 Å². The average Bonchev–Trinajstić information content (AvgIpc) is 3.44. The summed E-state index contributed by atoms with van der Waals surface area (Å²) in [7, 11) is 0. The number of amides is 3. The maximum Gasteiger partial charge on any atom is 0.406 e. The lowest BCUT2D eigenvalue weighted by Gasteiger charge is -2.43. The van der Waals surface area contributed by atoms with Crippen LogP contribution in [0.2, 0.25) is 0 Å². The highest BCUT2D eigenvalue weighted by molar-refractivity contribution is 6.06. The van der Waals surface area contributed by atoms with Gasteiger partial charge in [-0.3, -0.25) is 14.4 Å². The van der Waals surface area contributed by atoms with E-state index >= 15 is 0 Å². The number of nitrogens with one attached hydrogen (secondary N) is 2. The Morgan fingerprint density at radius 2 is 1.82 bits per heavy atom. The third-order valence-corrected chi connectivity index (χ3v) is 8.47. The van der Waals surface area contributed by atoms with Crippen LogP contribution >= 0.6 is 0 Å². The Labute approximate surface area is 228 Å². The number of likely N-dealkylation sites (tertiary alicyclic amines) is 1. The number of alkyl halides is 3. The molecule has 1 aliphatic carbocycles. The Morgan fingerprint density at radius 3 is 2.58 bits per heavy atom. The molecule has 1 saturated heterocycles. The summed E-state index contributed by atoms with van der Waals surface area (Å²) in [6.07, 6.45) is -1.91. The molecule has 10 heteroatoms. The van der Waals surface area contributed by atoms with Gasteiger partial charge in [0.15, 0.2) is 0 Å². The van der Waals surface area contributed by atoms with Crippen molar-refractivity contribution in [3.8, 4) is 0 Å². The lowest BCUT2D eigenvalue weighted by atomic mass is 9.79. The van der Waals surface area contributed by atoms with E-state index in [-0.39, 0.29) is 23.8 Å². The number of fused-ring (bicyclic) bond motifs is 3. The van der Waals surface area contributed by atoms with Crippen molar-refractivity contribution in [2.75, 3.05) is 11.9 Å². The van der Waals surface area contributed by atoms with Crippen molar-refractivity contribution in [3.05, 3.63) is 94.7 Å². The van der Waals surface area contributed by atoms with Crippen LogP contribution in [0.4, 0.5) is 19.0 Å². The van der Waals surface area contributed by atoms with Crippen LogP contribution < -0.4 is 10.6 Å². The van der Waals surface area contributed by atoms with Gasteiger partial charge >= 0.3 is 6.18 Å². The predicted octanol–water partition coefficient (Wildman–Crippen LogP) is 4.14. The smallest absolute Gasteiger partial charge is 0.340 e. The number of benzene rings is 2. The fraction of sp³-hybridized carbons (Fsp3) is 0.333. The molecule has 0 saturated carbocycles. The third-order valence-electron chi connectivity index (χ3n) is 8.47. The van der Waals surface area contributed by atoms with Crippen molar-refractivity contribution >= 4 is 23.5 Å². The normalized spacial score (nSPS) is 25.5. The molecule has 4 atom stereocenters. The van der Waals surface area contributed by atoms with E-state index in [2.05, 4.69) is 15.6 Å². The molecule has 3 heterocycles. The molecule has 3 amide bonds. The van der Waals surface area contributed by atoms with Gasteiger partial charge in [-0.15, -0.1) is 0 Å². The summed E-state index contributed by atoms with van der Waals surface area (Å²) >= 11 is 0. The van der Waals surface area contributed by atoms with Gasteiger partial charge in [-0.2, -0.15) is 13.2 Å². The summed E-state index contributed by atoms with van der Waals surface area (Å²) in [5, 5.41) is 5.56. The van der Waals surface area contributed by atoms with Gasteiger partial charge in [0.05, 0.1) is 5.41 Å². The van der Waals surface area contributed by atoms with Crippen molar-refractivity contribution in [2.24, 2.45) is 0 Å². The van der Waals surface area contributed by atoms with Gasteiger partial charge in [0.2, 0.25) is 11.8 Å². The zero-order chi connectivity index (χ0) is 28.2. The van der Waals surface area contributed by atoms with Gasteiger partial charge in [0, 0.05) is 29.3 Å². The van der Waals surface area contributed by atoms with Gasteiger partial charge in [0.25, 0.3) is 5.91 Å². The average molecular weight is 549 g/mol. The molecule has 3 aliphatic rings. The molecule has 40 heavy (non-hydrogen) atoms. The lowest BCUT2D eigenvalue weighted by molar-refractivity contribution is -0.170. The minimum atomic E-state index is -4.58. The second kappa shape index (κ2) is 9.46. The molecule has 1 aromatic heterocycles. The molecule has 2 aromatic carbocycles. The fourth-order valence-corrected chi connectivity index (χ4v) is 6.47. The third kappa shape index (κ3) is 4.41. The van der Waals surface area contributed by atoms with Crippen LogP contribution in [0.15, 0.2) is 66.9 Å². The Balaban J connectivity index is 1.25. The number of aromatic nitrogens is 1. The van der Waals surface area contributed by atoms with E-state index in [0.29, 0.717) is 18.7 Å². The van der Waals surface area contributed by atoms with Crippen LogP contribution in [0.25, 0.3) is 0 Å². The van der Waals surface area contributed by atoms with Crippen LogP contribution in [-0.4, -0.2) is 52.4 Å². The SMILES string of the molecule is C[C@@H]1[C@H](c2ccccc2)C[C@H](NC(=O)c2ccc3c(c2)CC2(C3)C(=O)Nc3ncccc32)C(=O)N1CC(F)(F)F. The monoisotopic (exact) mass is 548 g/mol. The van der Waals surface area contributed by atoms with E-state index < -0.39 is 42.0 Å². The summed E-state index contributed by atoms with van der Waals surface area (Å²) in [5.74, 6) is -1.28. The molecular weight excluding hydrogens is 521 g/mol. The largest absolute Gasteiger partial charge is 0.406 e. The van der Waals surface area contributed by atoms with Crippen molar-refractivity contribution in [1.82, 2.24) is 15.2 Å². The van der Waals surface area contributed by atoms with Crippen LogP contribution in [0.1, 0.15) is 51.9 Å². The highest BCUT2D eigenvalue weighted by Gasteiger charge is 2.51. The Morgan fingerprint density at radius 1 is 1.07 bits per heavy atom. The zero-order valence-electron chi connectivity index (χ0n) is 21.7. The molecule has 1 unspecified atom stereocenters. The molecule has 1 spiro atoms. The van der Waals surface area contributed by atoms with Crippen LogP contribution in [0.3, 0.4) is 0 Å². The van der Waals surface area contributed by atoms with Crippen LogP contribution in [0.5, 0.6) is 0 Å². The number of halogens is 3. The zero-order valence-corrected chi connectivity index (χ0v) is 21.7. The van der Waals surface area contributed by atoms with E-state index in [0.717, 1.165) is 27.2 Å². The molecule has 3 aromatic rings. The summed E-state index contributed by atoms with van der Waals surface area (Å²) in [6, 6.07) is 16.1. The number of pyridine rings is 1. The quantitative estimate of drug-likeness (QED) is 0.513. The van der Waals surface area contributed by atoms with E-state index in [1.165, 1.54) is 0 Å². The summed E-state index contributed by atoms with van der Waals surface area (Å²) in [6.45, 7) is 0.227. The fourth-order valence-electron chi connectivity index (χ4n) is 6.47. The van der Waals surface area contributed by atoms with E-state index in [9.17, 15) is 27.6 Å². The number of piperidine rings is 1.